The number of fused-ring (bicyclic) bond motifs is 1. The number of hydrogen-bond donors (Lipinski definition) is 0. The maximum atomic E-state index is 13.9. The molecule has 0 unspecified atom stereocenters. The van der Waals surface area contributed by atoms with Crippen LogP contribution < -0.4 is 19.6 Å². The molecule has 0 aliphatic carbocycles. The Balaban J connectivity index is 1.54. The number of rotatable bonds is 7. The van der Waals surface area contributed by atoms with Gasteiger partial charge in [-0.2, -0.15) is 0 Å². The quantitative estimate of drug-likeness (QED) is 0.196. The summed E-state index contributed by atoms with van der Waals surface area (Å²) in [7, 11) is 0. The smallest absolute Gasteiger partial charge is 0.338 e. The first-order valence-electron chi connectivity index (χ1n) is 12.8. The first-order chi connectivity index (χ1) is 19.7. The van der Waals surface area contributed by atoms with Crippen molar-refractivity contribution < 1.29 is 14.3 Å². The number of hydrogen-bond acceptors (Lipinski definition) is 6. The second-order valence-corrected chi connectivity index (χ2v) is 12.6. The van der Waals surface area contributed by atoms with Crippen LogP contribution in [0.1, 0.15) is 42.1 Å². The van der Waals surface area contributed by atoms with E-state index in [1.54, 1.807) is 30.6 Å². The molecule has 4 aromatic rings. The molecule has 0 N–H and O–H groups in total. The Hall–Kier alpha value is -2.98. The van der Waals surface area contributed by atoms with Gasteiger partial charge in [0.2, 0.25) is 0 Å². The van der Waals surface area contributed by atoms with Gasteiger partial charge in [-0.1, -0.05) is 80.8 Å². The molecule has 1 aliphatic rings. The zero-order valence-corrected chi connectivity index (χ0v) is 27.2. The van der Waals surface area contributed by atoms with Gasteiger partial charge >= 0.3 is 5.97 Å². The van der Waals surface area contributed by atoms with Crippen LogP contribution in [0, 0.1) is 6.92 Å². The van der Waals surface area contributed by atoms with E-state index in [-0.39, 0.29) is 12.2 Å². The average Bonchev–Trinajstić information content (AvgIpc) is 3.23. The second kappa shape index (κ2) is 12.5. The van der Waals surface area contributed by atoms with E-state index in [0.29, 0.717) is 42.5 Å². The first kappa shape index (κ1) is 29.5. The summed E-state index contributed by atoms with van der Waals surface area (Å²) in [6.07, 6.45) is 1.77. The Morgan fingerprint density at radius 2 is 1.80 bits per heavy atom. The van der Waals surface area contributed by atoms with Crippen molar-refractivity contribution in [3.63, 3.8) is 0 Å². The molecule has 41 heavy (non-hydrogen) atoms. The van der Waals surface area contributed by atoms with E-state index in [0.717, 1.165) is 26.7 Å². The van der Waals surface area contributed by atoms with E-state index in [9.17, 15) is 9.59 Å². The van der Waals surface area contributed by atoms with E-state index in [1.165, 1.54) is 11.3 Å². The lowest BCUT2D eigenvalue weighted by Crippen LogP contribution is -2.39. The molecular formula is C31H25Br2ClN2O4S. The predicted octanol–water partition coefficient (Wildman–Crippen LogP) is 6.86. The number of aryl methyl sites for hydroxylation is 1. The monoisotopic (exact) mass is 714 g/mol. The van der Waals surface area contributed by atoms with Gasteiger partial charge in [-0.3, -0.25) is 9.36 Å². The highest BCUT2D eigenvalue weighted by Gasteiger charge is 2.33. The fourth-order valence-corrected chi connectivity index (χ4v) is 6.84. The molecule has 1 aromatic heterocycles. The van der Waals surface area contributed by atoms with Gasteiger partial charge in [0.25, 0.3) is 5.56 Å². The van der Waals surface area contributed by atoms with Gasteiger partial charge in [0.1, 0.15) is 6.61 Å². The minimum Gasteiger partial charge on any atom is -0.486 e. The van der Waals surface area contributed by atoms with Gasteiger partial charge in [-0.25, -0.2) is 9.79 Å². The average molecular weight is 717 g/mol. The minimum absolute atomic E-state index is 0.221. The SMILES string of the molecule is CCOC(=O)C1=C(C)N=c2s/c(=C/c3cc(Cl)c(OCc4ccc(Br)cc4)c(Br)c3)c(=O)n2[C@@H]1c1ccc(C)cc1. The molecule has 2 heterocycles. The third kappa shape index (κ3) is 6.28. The zero-order chi connectivity index (χ0) is 29.3. The zero-order valence-electron chi connectivity index (χ0n) is 22.4. The maximum Gasteiger partial charge on any atom is 0.338 e. The van der Waals surface area contributed by atoms with Gasteiger partial charge in [0, 0.05) is 4.47 Å². The standard InChI is InChI=1S/C31H25Br2ClN2O4S/c1-4-39-30(38)26-18(3)35-31-36(27(26)21-9-5-17(2)6-10-21)29(37)25(41-31)15-20-13-23(33)28(24(34)14-20)40-16-19-7-11-22(32)12-8-19/h5-15,27H,4,16H2,1-3H3/b25-15+/t27-/m1/s1. The number of carbonyl (C=O) groups is 1. The van der Waals surface area contributed by atoms with Crippen LogP contribution in [0.25, 0.3) is 6.08 Å². The Labute approximate surface area is 262 Å². The third-order valence-corrected chi connectivity index (χ3v) is 8.91. The Morgan fingerprint density at radius 3 is 2.46 bits per heavy atom. The topological polar surface area (TPSA) is 69.9 Å². The number of nitrogens with zero attached hydrogens (tertiary/aromatic N) is 2. The molecule has 10 heteroatoms. The molecule has 0 amide bonds. The summed E-state index contributed by atoms with van der Waals surface area (Å²) >= 11 is 14.9. The molecule has 0 radical (unpaired) electrons. The van der Waals surface area contributed by atoms with Crippen molar-refractivity contribution in [3.05, 3.63) is 128 Å². The predicted molar refractivity (Wildman–Crippen MR) is 169 cm³/mol. The first-order valence-corrected chi connectivity index (χ1v) is 15.6. The van der Waals surface area contributed by atoms with Gasteiger partial charge in [-0.15, -0.1) is 0 Å². The molecule has 0 saturated heterocycles. The van der Waals surface area contributed by atoms with Crippen LogP contribution in [0.2, 0.25) is 5.02 Å². The van der Waals surface area contributed by atoms with Crippen molar-refractivity contribution in [1.29, 1.82) is 0 Å². The van der Waals surface area contributed by atoms with Crippen LogP contribution in [-0.4, -0.2) is 17.1 Å². The normalized spacial score (nSPS) is 15.0. The number of thiazole rings is 1. The molecule has 3 aromatic carbocycles. The fourth-order valence-electron chi connectivity index (χ4n) is 4.54. The van der Waals surface area contributed by atoms with E-state index in [2.05, 4.69) is 36.9 Å². The molecule has 0 fully saturated rings. The van der Waals surface area contributed by atoms with Crippen LogP contribution in [0.15, 0.2) is 90.7 Å². The maximum absolute atomic E-state index is 13.9. The van der Waals surface area contributed by atoms with Crippen molar-refractivity contribution in [2.24, 2.45) is 4.99 Å². The summed E-state index contributed by atoms with van der Waals surface area (Å²) in [5, 5.41) is 0.411. The summed E-state index contributed by atoms with van der Waals surface area (Å²) in [5.41, 5.74) is 4.23. The number of benzene rings is 3. The van der Waals surface area contributed by atoms with Crippen LogP contribution in [0.3, 0.4) is 0 Å². The van der Waals surface area contributed by atoms with Crippen LogP contribution >= 0.6 is 54.8 Å². The van der Waals surface area contributed by atoms with Crippen molar-refractivity contribution in [2.75, 3.05) is 6.61 Å². The highest BCUT2D eigenvalue weighted by atomic mass is 79.9. The molecule has 210 valence electrons. The lowest BCUT2D eigenvalue weighted by molar-refractivity contribution is -0.139. The number of carbonyl (C=O) groups excluding carboxylic acids is 1. The van der Waals surface area contributed by atoms with Crippen molar-refractivity contribution in [3.8, 4) is 5.75 Å². The number of halogens is 3. The van der Waals surface area contributed by atoms with Gasteiger partial charge in [0.15, 0.2) is 10.6 Å². The number of ether oxygens (including phenoxy) is 2. The fraction of sp³-hybridized carbons (Fsp3) is 0.194. The van der Waals surface area contributed by atoms with Crippen LogP contribution in [0.5, 0.6) is 5.75 Å². The molecule has 1 atom stereocenters. The van der Waals surface area contributed by atoms with Gasteiger partial charge in [-0.05, 0) is 83.7 Å². The summed E-state index contributed by atoms with van der Waals surface area (Å²) in [6.45, 7) is 6.09. The van der Waals surface area contributed by atoms with Crippen molar-refractivity contribution in [1.82, 2.24) is 4.57 Å². The minimum atomic E-state index is -0.655. The van der Waals surface area contributed by atoms with Crippen LogP contribution in [-0.2, 0) is 16.1 Å². The summed E-state index contributed by atoms with van der Waals surface area (Å²) < 4.78 is 15.1. The molecule has 6 nitrogen and oxygen atoms in total. The highest BCUT2D eigenvalue weighted by Crippen LogP contribution is 2.35. The van der Waals surface area contributed by atoms with E-state index < -0.39 is 12.0 Å². The Morgan fingerprint density at radius 1 is 1.10 bits per heavy atom. The number of esters is 1. The summed E-state index contributed by atoms with van der Waals surface area (Å²) in [6, 6.07) is 18.6. The molecule has 5 rings (SSSR count). The lowest BCUT2D eigenvalue weighted by atomic mass is 9.95. The Bertz CT molecular complexity index is 1820. The summed E-state index contributed by atoms with van der Waals surface area (Å²) in [4.78, 5) is 32.1. The van der Waals surface area contributed by atoms with E-state index in [1.807, 2.05) is 61.5 Å². The molecule has 0 spiro atoms. The van der Waals surface area contributed by atoms with Gasteiger partial charge in [0.05, 0.1) is 37.9 Å². The third-order valence-electron chi connectivity index (χ3n) is 6.52. The molecule has 1 aliphatic heterocycles. The number of allylic oxidation sites excluding steroid dienone is 1. The van der Waals surface area contributed by atoms with Crippen molar-refractivity contribution >= 4 is 66.8 Å². The molecular weight excluding hydrogens is 692 g/mol. The second-order valence-electron chi connectivity index (χ2n) is 9.44. The lowest BCUT2D eigenvalue weighted by Gasteiger charge is -2.24. The number of aromatic nitrogens is 1. The highest BCUT2D eigenvalue weighted by molar-refractivity contribution is 9.10. The van der Waals surface area contributed by atoms with Crippen molar-refractivity contribution in [2.45, 2.75) is 33.4 Å². The summed E-state index contributed by atoms with van der Waals surface area (Å²) in [5.74, 6) is 0.0327. The van der Waals surface area contributed by atoms with E-state index >= 15 is 0 Å². The largest absolute Gasteiger partial charge is 0.486 e. The van der Waals surface area contributed by atoms with E-state index in [4.69, 9.17) is 21.1 Å². The molecule has 0 saturated carbocycles. The van der Waals surface area contributed by atoms with Crippen LogP contribution in [0.4, 0.5) is 0 Å². The Kier molecular flexibility index (Phi) is 8.99. The molecule has 0 bridgehead atoms. The van der Waals surface area contributed by atoms with Gasteiger partial charge < -0.3 is 9.47 Å².